The molecule has 0 aliphatic heterocycles. The van der Waals surface area contributed by atoms with Crippen molar-refractivity contribution in [1.29, 1.82) is 0 Å². The van der Waals surface area contributed by atoms with Gasteiger partial charge in [-0.3, -0.25) is 4.98 Å². The van der Waals surface area contributed by atoms with Crippen LogP contribution in [0.1, 0.15) is 22.3 Å². The Kier molecular flexibility index (Phi) is 8.80. The second-order valence-electron chi connectivity index (χ2n) is 18.2. The minimum absolute atomic E-state index is 0.455. The van der Waals surface area contributed by atoms with Gasteiger partial charge >= 0.3 is 0 Å². The summed E-state index contributed by atoms with van der Waals surface area (Å²) in [5.74, 6) is 0. The van der Waals surface area contributed by atoms with E-state index in [4.69, 9.17) is 9.40 Å². The van der Waals surface area contributed by atoms with E-state index in [2.05, 4.69) is 248 Å². The summed E-state index contributed by atoms with van der Waals surface area (Å²) in [4.78, 5) is 7.42. The average molecular weight is 879 g/mol. The van der Waals surface area contributed by atoms with Gasteiger partial charge in [0.25, 0.3) is 0 Å². The molecule has 0 saturated heterocycles. The summed E-state index contributed by atoms with van der Waals surface area (Å²) in [6.45, 7) is 0. The molecule has 0 saturated carbocycles. The predicted molar refractivity (Wildman–Crippen MR) is 284 cm³/mol. The van der Waals surface area contributed by atoms with Crippen LogP contribution in [0.5, 0.6) is 0 Å². The third-order valence-corrected chi connectivity index (χ3v) is 14.6. The SMILES string of the molecule is c1ccc(-c2ccc(N(c3ccc(-c4ccc5c(c4)C4(c6ccccc6-c6ccccc64)c4cccnc4-5)cc3)c3ccc(-c4cccc5c4oc4ccccc45)c(-c4ccccc4)c3)cc2)cc1. The first-order valence-electron chi connectivity index (χ1n) is 23.7. The van der Waals surface area contributed by atoms with Crippen molar-refractivity contribution in [3.05, 3.63) is 277 Å². The first kappa shape index (κ1) is 39.1. The van der Waals surface area contributed by atoms with Crippen LogP contribution in [-0.2, 0) is 5.41 Å². The van der Waals surface area contributed by atoms with Gasteiger partial charge in [0.1, 0.15) is 11.2 Å². The molecule has 0 amide bonds. The fraction of sp³-hybridized carbons (Fsp3) is 0.0152. The molecule has 3 nitrogen and oxygen atoms in total. The van der Waals surface area contributed by atoms with Gasteiger partial charge in [-0.2, -0.15) is 0 Å². The number of para-hydroxylation sites is 2. The lowest BCUT2D eigenvalue weighted by Gasteiger charge is -2.30. The zero-order valence-corrected chi connectivity index (χ0v) is 37.6. The normalized spacial score (nSPS) is 12.8. The second-order valence-corrected chi connectivity index (χ2v) is 18.2. The molecule has 2 aromatic heterocycles. The number of fused-ring (bicyclic) bond motifs is 13. The molecule has 69 heavy (non-hydrogen) atoms. The van der Waals surface area contributed by atoms with Crippen LogP contribution < -0.4 is 4.90 Å². The number of furan rings is 1. The summed E-state index contributed by atoms with van der Waals surface area (Å²) in [5, 5.41) is 2.24. The Bertz CT molecular complexity index is 3880. The van der Waals surface area contributed by atoms with Crippen LogP contribution in [0.15, 0.2) is 259 Å². The highest BCUT2D eigenvalue weighted by Crippen LogP contribution is 2.62. The maximum atomic E-state index is 6.63. The van der Waals surface area contributed by atoms with E-state index in [1.54, 1.807) is 0 Å². The monoisotopic (exact) mass is 878 g/mol. The largest absolute Gasteiger partial charge is 0.455 e. The van der Waals surface area contributed by atoms with Gasteiger partial charge in [0.2, 0.25) is 0 Å². The molecule has 1 spiro atoms. The Morgan fingerprint density at radius 1 is 0.319 bits per heavy atom. The van der Waals surface area contributed by atoms with Gasteiger partial charge in [-0.05, 0) is 127 Å². The zero-order valence-electron chi connectivity index (χ0n) is 37.6. The van der Waals surface area contributed by atoms with Crippen LogP contribution in [0, 0.1) is 0 Å². The van der Waals surface area contributed by atoms with Gasteiger partial charge in [-0.1, -0.05) is 194 Å². The quantitative estimate of drug-likeness (QED) is 0.160. The van der Waals surface area contributed by atoms with Crippen molar-refractivity contribution in [1.82, 2.24) is 4.98 Å². The number of nitrogens with zero attached hydrogens (tertiary/aromatic N) is 2. The van der Waals surface area contributed by atoms with Gasteiger partial charge in [-0.15, -0.1) is 0 Å². The second kappa shape index (κ2) is 15.5. The number of hydrogen-bond acceptors (Lipinski definition) is 3. The van der Waals surface area contributed by atoms with Crippen LogP contribution in [0.25, 0.3) is 88.8 Å². The summed E-state index contributed by atoms with van der Waals surface area (Å²) in [6, 6.07) is 90.2. The average Bonchev–Trinajstić information content (AvgIpc) is 4.06. The fourth-order valence-electron chi connectivity index (χ4n) is 11.5. The van der Waals surface area contributed by atoms with Crippen molar-refractivity contribution < 1.29 is 4.42 Å². The Hall–Kier alpha value is -9.05. The van der Waals surface area contributed by atoms with Gasteiger partial charge in [0.15, 0.2) is 0 Å². The molecule has 12 aromatic rings. The van der Waals surface area contributed by atoms with E-state index < -0.39 is 5.41 Å². The third-order valence-electron chi connectivity index (χ3n) is 14.6. The summed E-state index contributed by atoms with van der Waals surface area (Å²) in [6.07, 6.45) is 1.93. The topological polar surface area (TPSA) is 29.3 Å². The van der Waals surface area contributed by atoms with Crippen LogP contribution in [0.2, 0.25) is 0 Å². The Morgan fingerprint density at radius 2 is 0.855 bits per heavy atom. The lowest BCUT2D eigenvalue weighted by Crippen LogP contribution is -2.25. The van der Waals surface area contributed by atoms with E-state index in [1.807, 2.05) is 12.3 Å². The van der Waals surface area contributed by atoms with E-state index in [1.165, 1.54) is 55.6 Å². The molecule has 0 atom stereocenters. The maximum absolute atomic E-state index is 6.63. The molecule has 0 unspecified atom stereocenters. The molecule has 0 radical (unpaired) electrons. The Balaban J connectivity index is 0.914. The first-order valence-corrected chi connectivity index (χ1v) is 23.7. The van der Waals surface area contributed by atoms with Crippen molar-refractivity contribution in [2.75, 3.05) is 4.90 Å². The number of rotatable bonds is 7. The van der Waals surface area contributed by atoms with Crippen LogP contribution >= 0.6 is 0 Å². The van der Waals surface area contributed by atoms with Crippen LogP contribution in [-0.4, -0.2) is 4.98 Å². The van der Waals surface area contributed by atoms with Gasteiger partial charge in [0.05, 0.1) is 11.1 Å². The highest BCUT2D eigenvalue weighted by Gasteiger charge is 2.52. The maximum Gasteiger partial charge on any atom is 0.143 e. The molecule has 2 heterocycles. The molecule has 3 heteroatoms. The summed E-state index contributed by atoms with van der Waals surface area (Å²) in [5.41, 5.74) is 23.6. The van der Waals surface area contributed by atoms with E-state index in [0.29, 0.717) is 0 Å². The Morgan fingerprint density at radius 3 is 1.58 bits per heavy atom. The van der Waals surface area contributed by atoms with Crippen LogP contribution in [0.4, 0.5) is 17.1 Å². The van der Waals surface area contributed by atoms with Crippen molar-refractivity contribution in [2.24, 2.45) is 0 Å². The minimum atomic E-state index is -0.455. The minimum Gasteiger partial charge on any atom is -0.455 e. The molecule has 2 aliphatic rings. The molecule has 10 aromatic carbocycles. The summed E-state index contributed by atoms with van der Waals surface area (Å²) < 4.78 is 6.63. The lowest BCUT2D eigenvalue weighted by molar-refractivity contribution is 0.670. The number of pyridine rings is 1. The lowest BCUT2D eigenvalue weighted by atomic mass is 9.70. The van der Waals surface area contributed by atoms with Crippen molar-refractivity contribution >= 4 is 39.0 Å². The first-order chi connectivity index (χ1) is 34.2. The predicted octanol–water partition coefficient (Wildman–Crippen LogP) is 17.5. The molecule has 0 bridgehead atoms. The number of benzene rings is 10. The number of anilines is 3. The van der Waals surface area contributed by atoms with Gasteiger partial charge in [-0.25, -0.2) is 0 Å². The van der Waals surface area contributed by atoms with E-state index in [0.717, 1.165) is 72.5 Å². The van der Waals surface area contributed by atoms with Crippen LogP contribution in [0.3, 0.4) is 0 Å². The van der Waals surface area contributed by atoms with E-state index in [-0.39, 0.29) is 0 Å². The molecule has 0 N–H and O–H groups in total. The smallest absolute Gasteiger partial charge is 0.143 e. The van der Waals surface area contributed by atoms with Crippen molar-refractivity contribution in [2.45, 2.75) is 5.41 Å². The molecule has 0 fully saturated rings. The fourth-order valence-corrected chi connectivity index (χ4v) is 11.5. The van der Waals surface area contributed by atoms with E-state index in [9.17, 15) is 0 Å². The summed E-state index contributed by atoms with van der Waals surface area (Å²) >= 11 is 0. The number of aromatic nitrogens is 1. The molecule has 2 aliphatic carbocycles. The highest BCUT2D eigenvalue weighted by molar-refractivity contribution is 6.11. The highest BCUT2D eigenvalue weighted by atomic mass is 16.3. The number of hydrogen-bond donors (Lipinski definition) is 0. The Labute approximate surface area is 400 Å². The third kappa shape index (κ3) is 5.97. The van der Waals surface area contributed by atoms with Crippen molar-refractivity contribution in [3.63, 3.8) is 0 Å². The molecule has 322 valence electrons. The van der Waals surface area contributed by atoms with Gasteiger partial charge < -0.3 is 9.32 Å². The zero-order chi connectivity index (χ0) is 45.5. The van der Waals surface area contributed by atoms with Gasteiger partial charge in [0, 0.05) is 45.2 Å². The molecular formula is C66H42N2O. The molecular weight excluding hydrogens is 837 g/mol. The van der Waals surface area contributed by atoms with Crippen molar-refractivity contribution in [3.8, 4) is 66.9 Å². The summed E-state index contributed by atoms with van der Waals surface area (Å²) in [7, 11) is 0. The van der Waals surface area contributed by atoms with E-state index >= 15 is 0 Å². The molecule has 14 rings (SSSR count). The standard InChI is InChI=1S/C66H42N2O/c1-3-15-43(16-4-1)44-28-33-48(34-29-44)68(50-37-39-51(58(42-50)46-17-5-2-6-18-46)55-22-13-23-56-54-21-9-12-27-63(54)69-65(55)56)49-35-30-45(31-36-49)47-32-38-57-62(41-47)66(61-26-14-40-67-64(57)61)59-24-10-7-19-52(59)53-20-8-11-25-60(53)66/h1-42H.